The largest absolute Gasteiger partial charge is 0.303 e. The molecule has 1 N–H and O–H groups in total. The molecule has 1 spiro atoms. The minimum absolute atomic E-state index is 0.468. The first-order chi connectivity index (χ1) is 6.20. The van der Waals surface area contributed by atoms with Gasteiger partial charge in [-0.1, -0.05) is 13.8 Å². The van der Waals surface area contributed by atoms with Crippen molar-refractivity contribution < 1.29 is 0 Å². The van der Waals surface area contributed by atoms with Crippen LogP contribution in [0.5, 0.6) is 0 Å². The lowest BCUT2D eigenvalue weighted by Gasteiger charge is -2.45. The second kappa shape index (κ2) is 3.82. The Morgan fingerprint density at radius 3 is 2.46 bits per heavy atom. The molecule has 0 radical (unpaired) electrons. The zero-order valence-corrected chi connectivity index (χ0v) is 9.62. The van der Waals surface area contributed by atoms with E-state index in [-0.39, 0.29) is 0 Å². The van der Waals surface area contributed by atoms with Crippen LogP contribution in [0.15, 0.2) is 0 Å². The van der Waals surface area contributed by atoms with E-state index in [9.17, 15) is 0 Å². The fourth-order valence-corrected chi connectivity index (χ4v) is 4.72. The van der Waals surface area contributed by atoms with Crippen LogP contribution in [-0.2, 0) is 0 Å². The number of hydrogen-bond acceptors (Lipinski definition) is 2. The van der Waals surface area contributed by atoms with Crippen LogP contribution in [0.3, 0.4) is 0 Å². The molecular formula is C11H21NS. The zero-order valence-electron chi connectivity index (χ0n) is 8.81. The molecule has 1 aliphatic heterocycles. The van der Waals surface area contributed by atoms with Crippen LogP contribution < -0.4 is 5.32 Å². The van der Waals surface area contributed by atoms with Crippen LogP contribution >= 0.6 is 11.8 Å². The van der Waals surface area contributed by atoms with Crippen LogP contribution in [0, 0.1) is 11.8 Å². The Labute approximate surface area is 86.0 Å². The first kappa shape index (κ1) is 9.85. The monoisotopic (exact) mass is 199 g/mol. The summed E-state index contributed by atoms with van der Waals surface area (Å²) in [6.07, 6.45) is 5.57. The van der Waals surface area contributed by atoms with Crippen molar-refractivity contribution in [3.8, 4) is 0 Å². The van der Waals surface area contributed by atoms with E-state index >= 15 is 0 Å². The number of hydrogen-bond donors (Lipinski definition) is 1. The van der Waals surface area contributed by atoms with E-state index in [0.29, 0.717) is 4.87 Å². The normalized spacial score (nSPS) is 46.6. The summed E-state index contributed by atoms with van der Waals surface area (Å²) in [5.41, 5.74) is 0. The highest BCUT2D eigenvalue weighted by molar-refractivity contribution is 8.00. The lowest BCUT2D eigenvalue weighted by Crippen LogP contribution is -2.50. The average Bonchev–Trinajstić information content (AvgIpc) is 2.02. The van der Waals surface area contributed by atoms with Gasteiger partial charge in [-0.15, -0.1) is 11.8 Å². The molecule has 1 nitrogen and oxygen atoms in total. The topological polar surface area (TPSA) is 12.0 Å². The summed E-state index contributed by atoms with van der Waals surface area (Å²) >= 11 is 2.18. The maximum Gasteiger partial charge on any atom is 0.0650 e. The lowest BCUT2D eigenvalue weighted by molar-refractivity contribution is 0.213. The van der Waals surface area contributed by atoms with Crippen LogP contribution in [0.4, 0.5) is 0 Å². The van der Waals surface area contributed by atoms with Gasteiger partial charge in [0.1, 0.15) is 0 Å². The predicted molar refractivity (Wildman–Crippen MR) is 60.0 cm³/mol. The van der Waals surface area contributed by atoms with Gasteiger partial charge in [0.25, 0.3) is 0 Å². The Kier molecular flexibility index (Phi) is 2.89. The smallest absolute Gasteiger partial charge is 0.0650 e. The molecule has 2 heteroatoms. The molecule has 1 heterocycles. The zero-order chi connectivity index (χ0) is 9.31. The average molecular weight is 199 g/mol. The molecule has 1 saturated carbocycles. The highest BCUT2D eigenvalue weighted by Gasteiger charge is 2.38. The molecular weight excluding hydrogens is 178 g/mol. The van der Waals surface area contributed by atoms with E-state index in [0.717, 1.165) is 11.8 Å². The van der Waals surface area contributed by atoms with Crippen molar-refractivity contribution in [2.45, 2.75) is 44.4 Å². The van der Waals surface area contributed by atoms with Crippen molar-refractivity contribution >= 4 is 11.8 Å². The van der Waals surface area contributed by atoms with Crippen LogP contribution in [0.25, 0.3) is 0 Å². The number of nitrogens with one attached hydrogen (secondary N) is 1. The Bertz CT molecular complexity index is 163. The fourth-order valence-electron chi connectivity index (χ4n) is 3.03. The van der Waals surface area contributed by atoms with Gasteiger partial charge in [0.05, 0.1) is 4.87 Å². The van der Waals surface area contributed by atoms with Crippen molar-refractivity contribution in [1.82, 2.24) is 5.32 Å². The molecule has 0 amide bonds. The first-order valence-corrected chi connectivity index (χ1v) is 6.58. The quantitative estimate of drug-likeness (QED) is 0.644. The summed E-state index contributed by atoms with van der Waals surface area (Å²) in [5, 5.41) is 3.76. The van der Waals surface area contributed by atoms with Crippen LogP contribution in [-0.4, -0.2) is 17.2 Å². The van der Waals surface area contributed by atoms with Gasteiger partial charge >= 0.3 is 0 Å². The molecule has 1 saturated heterocycles. The third-order valence-corrected chi connectivity index (χ3v) is 4.83. The highest BCUT2D eigenvalue weighted by Crippen LogP contribution is 2.44. The van der Waals surface area contributed by atoms with Crippen LogP contribution in [0.1, 0.15) is 39.5 Å². The van der Waals surface area contributed by atoms with E-state index in [1.54, 1.807) is 0 Å². The SMILES string of the molecule is CC1CC(C)CC2(C1)NCCCS2. The number of rotatable bonds is 0. The van der Waals surface area contributed by atoms with Gasteiger partial charge in [-0.25, -0.2) is 0 Å². The molecule has 1 aliphatic carbocycles. The van der Waals surface area contributed by atoms with Gasteiger partial charge in [0.15, 0.2) is 0 Å². The van der Waals surface area contributed by atoms with Crippen molar-refractivity contribution in [1.29, 1.82) is 0 Å². The van der Waals surface area contributed by atoms with E-state index in [4.69, 9.17) is 0 Å². The Morgan fingerprint density at radius 2 is 1.92 bits per heavy atom. The standard InChI is InChI=1S/C11H21NS/c1-9-6-10(2)8-11(7-9)12-4-3-5-13-11/h9-10,12H,3-8H2,1-2H3. The summed E-state index contributed by atoms with van der Waals surface area (Å²) in [4.78, 5) is 0.468. The molecule has 2 aliphatic rings. The van der Waals surface area contributed by atoms with E-state index in [2.05, 4.69) is 30.9 Å². The fraction of sp³-hybridized carbons (Fsp3) is 1.00. The van der Waals surface area contributed by atoms with Crippen molar-refractivity contribution in [3.05, 3.63) is 0 Å². The molecule has 2 rings (SSSR count). The second-order valence-electron chi connectivity index (χ2n) is 4.98. The Hall–Kier alpha value is 0.310. The first-order valence-electron chi connectivity index (χ1n) is 5.59. The molecule has 0 aromatic rings. The molecule has 2 fully saturated rings. The minimum atomic E-state index is 0.468. The van der Waals surface area contributed by atoms with E-state index < -0.39 is 0 Å². The van der Waals surface area contributed by atoms with E-state index in [1.807, 2.05) is 0 Å². The van der Waals surface area contributed by atoms with Gasteiger partial charge in [-0.2, -0.15) is 0 Å². The number of thioether (sulfide) groups is 1. The Balaban J connectivity index is 2.02. The summed E-state index contributed by atoms with van der Waals surface area (Å²) < 4.78 is 0. The van der Waals surface area contributed by atoms with Crippen molar-refractivity contribution in [2.24, 2.45) is 11.8 Å². The van der Waals surface area contributed by atoms with Gasteiger partial charge in [0.2, 0.25) is 0 Å². The summed E-state index contributed by atoms with van der Waals surface area (Å²) in [7, 11) is 0. The van der Waals surface area contributed by atoms with Crippen molar-refractivity contribution in [2.75, 3.05) is 12.3 Å². The summed E-state index contributed by atoms with van der Waals surface area (Å²) in [6, 6.07) is 0. The molecule has 2 atom stereocenters. The molecule has 76 valence electrons. The van der Waals surface area contributed by atoms with Crippen molar-refractivity contribution in [3.63, 3.8) is 0 Å². The predicted octanol–water partition coefficient (Wildman–Crippen LogP) is 2.87. The second-order valence-corrected chi connectivity index (χ2v) is 6.46. The lowest BCUT2D eigenvalue weighted by atomic mass is 9.80. The van der Waals surface area contributed by atoms with Gasteiger partial charge in [-0.05, 0) is 49.8 Å². The highest BCUT2D eigenvalue weighted by atomic mass is 32.2. The van der Waals surface area contributed by atoms with Gasteiger partial charge < -0.3 is 5.32 Å². The molecule has 0 bridgehead atoms. The molecule has 13 heavy (non-hydrogen) atoms. The van der Waals surface area contributed by atoms with Gasteiger partial charge in [0, 0.05) is 0 Å². The van der Waals surface area contributed by atoms with E-state index in [1.165, 1.54) is 38.0 Å². The Morgan fingerprint density at radius 1 is 1.23 bits per heavy atom. The molecule has 2 unspecified atom stereocenters. The van der Waals surface area contributed by atoms with Gasteiger partial charge in [-0.3, -0.25) is 0 Å². The third kappa shape index (κ3) is 2.21. The molecule has 0 aromatic carbocycles. The summed E-state index contributed by atoms with van der Waals surface area (Å²) in [6.45, 7) is 6.06. The third-order valence-electron chi connectivity index (χ3n) is 3.31. The maximum absolute atomic E-state index is 3.76. The summed E-state index contributed by atoms with van der Waals surface area (Å²) in [5.74, 6) is 3.20. The minimum Gasteiger partial charge on any atom is -0.303 e. The molecule has 0 aromatic heterocycles. The maximum atomic E-state index is 3.76. The van der Waals surface area contributed by atoms with Crippen LogP contribution in [0.2, 0.25) is 0 Å².